The molecular formula is C16H20FN3O3. The van der Waals surface area contributed by atoms with E-state index in [4.69, 9.17) is 4.74 Å². The Balaban J connectivity index is 2.44. The Labute approximate surface area is 133 Å². The number of hydrogen-bond donors (Lipinski definition) is 3. The van der Waals surface area contributed by atoms with E-state index in [0.717, 1.165) is 0 Å². The number of carbonyl (C=O) groups excluding carboxylic acids is 2. The van der Waals surface area contributed by atoms with Crippen LogP contribution in [0.1, 0.15) is 29.4 Å². The van der Waals surface area contributed by atoms with Gasteiger partial charge in [-0.05, 0) is 18.1 Å². The Kier molecular flexibility index (Phi) is 5.20. The molecule has 2 aromatic rings. The van der Waals surface area contributed by atoms with Gasteiger partial charge >= 0.3 is 0 Å². The van der Waals surface area contributed by atoms with E-state index in [1.165, 1.54) is 20.2 Å². The average molecular weight is 321 g/mol. The summed E-state index contributed by atoms with van der Waals surface area (Å²) in [5, 5.41) is 6.02. The fourth-order valence-electron chi connectivity index (χ4n) is 2.44. The molecule has 0 aliphatic heterocycles. The molecule has 0 atom stereocenters. The zero-order valence-electron chi connectivity index (χ0n) is 13.4. The molecule has 2 amide bonds. The molecule has 0 bridgehead atoms. The van der Waals surface area contributed by atoms with E-state index in [2.05, 4.69) is 15.6 Å². The molecule has 1 heterocycles. The van der Waals surface area contributed by atoms with Crippen LogP contribution in [0, 0.1) is 5.82 Å². The summed E-state index contributed by atoms with van der Waals surface area (Å²) in [6, 6.07) is 2.86. The van der Waals surface area contributed by atoms with Crippen molar-refractivity contribution >= 4 is 22.7 Å². The molecule has 0 spiro atoms. The summed E-state index contributed by atoms with van der Waals surface area (Å²) in [5.74, 6) is -0.748. The van der Waals surface area contributed by atoms with Gasteiger partial charge in [-0.2, -0.15) is 0 Å². The second kappa shape index (κ2) is 7.13. The normalized spacial score (nSPS) is 10.6. The first-order chi connectivity index (χ1) is 11.0. The van der Waals surface area contributed by atoms with Crippen LogP contribution in [-0.2, 0) is 11.2 Å². The highest BCUT2D eigenvalue weighted by Crippen LogP contribution is 2.29. The first kappa shape index (κ1) is 16.8. The summed E-state index contributed by atoms with van der Waals surface area (Å²) < 4.78 is 18.9. The summed E-state index contributed by atoms with van der Waals surface area (Å²) in [6.07, 6.45) is 0.846. The lowest BCUT2D eigenvalue weighted by molar-refractivity contribution is -0.120. The van der Waals surface area contributed by atoms with Crippen LogP contribution in [0.3, 0.4) is 0 Å². The van der Waals surface area contributed by atoms with E-state index < -0.39 is 5.82 Å². The van der Waals surface area contributed by atoms with Crippen molar-refractivity contribution in [3.63, 3.8) is 0 Å². The SMILES string of the molecule is CCC(=O)NCCc1c(C(=O)NC)[nH]c2cc(F)c(OC)cc12. The van der Waals surface area contributed by atoms with Crippen molar-refractivity contribution in [2.45, 2.75) is 19.8 Å². The monoisotopic (exact) mass is 321 g/mol. The Morgan fingerprint density at radius 3 is 2.70 bits per heavy atom. The third-order valence-electron chi connectivity index (χ3n) is 3.65. The number of carbonyl (C=O) groups is 2. The molecular weight excluding hydrogens is 301 g/mol. The maximum atomic E-state index is 13.8. The summed E-state index contributed by atoms with van der Waals surface area (Å²) in [4.78, 5) is 26.3. The van der Waals surface area contributed by atoms with Gasteiger partial charge in [0.05, 0.1) is 7.11 Å². The van der Waals surface area contributed by atoms with E-state index in [0.29, 0.717) is 41.5 Å². The molecule has 124 valence electrons. The number of methoxy groups -OCH3 is 1. The topological polar surface area (TPSA) is 83.2 Å². The van der Waals surface area contributed by atoms with E-state index >= 15 is 0 Å². The number of rotatable bonds is 6. The summed E-state index contributed by atoms with van der Waals surface area (Å²) in [6.45, 7) is 2.16. The van der Waals surface area contributed by atoms with Crippen molar-refractivity contribution in [1.82, 2.24) is 15.6 Å². The van der Waals surface area contributed by atoms with Crippen LogP contribution in [0.4, 0.5) is 4.39 Å². The average Bonchev–Trinajstić information content (AvgIpc) is 2.90. The molecule has 0 aliphatic rings. The van der Waals surface area contributed by atoms with E-state index in [1.807, 2.05) is 0 Å². The standard InChI is InChI=1S/C16H20FN3O3/c1-4-14(21)19-6-5-9-10-7-13(23-3)11(17)8-12(10)20-15(9)16(22)18-2/h7-8,20H,4-6H2,1-3H3,(H,18,22)(H,19,21). The van der Waals surface area contributed by atoms with Gasteiger partial charge in [0.1, 0.15) is 5.69 Å². The number of ether oxygens (including phenoxy) is 1. The summed E-state index contributed by atoms with van der Waals surface area (Å²) in [7, 11) is 2.91. The number of halogens is 1. The molecule has 3 N–H and O–H groups in total. The minimum Gasteiger partial charge on any atom is -0.494 e. The molecule has 7 heteroatoms. The van der Waals surface area contributed by atoms with Crippen molar-refractivity contribution in [1.29, 1.82) is 0 Å². The first-order valence-electron chi connectivity index (χ1n) is 7.38. The number of fused-ring (bicyclic) bond motifs is 1. The first-order valence-corrected chi connectivity index (χ1v) is 7.38. The summed E-state index contributed by atoms with van der Waals surface area (Å²) in [5.41, 5.74) is 1.59. The molecule has 0 radical (unpaired) electrons. The largest absolute Gasteiger partial charge is 0.494 e. The Hall–Kier alpha value is -2.57. The van der Waals surface area contributed by atoms with Gasteiger partial charge in [0.2, 0.25) is 5.91 Å². The third kappa shape index (κ3) is 3.44. The second-order valence-electron chi connectivity index (χ2n) is 5.04. The lowest BCUT2D eigenvalue weighted by atomic mass is 10.1. The lowest BCUT2D eigenvalue weighted by Crippen LogP contribution is -2.26. The highest BCUT2D eigenvalue weighted by atomic mass is 19.1. The van der Waals surface area contributed by atoms with Crippen LogP contribution in [0.2, 0.25) is 0 Å². The van der Waals surface area contributed by atoms with Crippen LogP contribution in [-0.4, -0.2) is 37.5 Å². The minimum atomic E-state index is -0.504. The zero-order chi connectivity index (χ0) is 17.0. The molecule has 0 aliphatic carbocycles. The van der Waals surface area contributed by atoms with Crippen LogP contribution in [0.25, 0.3) is 10.9 Å². The fourth-order valence-corrected chi connectivity index (χ4v) is 2.44. The van der Waals surface area contributed by atoms with Gasteiger partial charge in [0.25, 0.3) is 5.91 Å². The number of nitrogens with one attached hydrogen (secondary N) is 3. The van der Waals surface area contributed by atoms with Gasteiger partial charge in [0.15, 0.2) is 11.6 Å². The minimum absolute atomic E-state index is 0.0602. The predicted molar refractivity (Wildman–Crippen MR) is 85.2 cm³/mol. The number of hydrogen-bond acceptors (Lipinski definition) is 3. The lowest BCUT2D eigenvalue weighted by Gasteiger charge is -2.06. The van der Waals surface area contributed by atoms with E-state index in [9.17, 15) is 14.0 Å². The maximum Gasteiger partial charge on any atom is 0.267 e. The molecule has 2 rings (SSSR count). The highest BCUT2D eigenvalue weighted by Gasteiger charge is 2.19. The van der Waals surface area contributed by atoms with Gasteiger partial charge < -0.3 is 20.4 Å². The quantitative estimate of drug-likeness (QED) is 0.758. The van der Waals surface area contributed by atoms with Gasteiger partial charge in [-0.1, -0.05) is 6.92 Å². The summed E-state index contributed by atoms with van der Waals surface area (Å²) >= 11 is 0. The molecule has 0 saturated heterocycles. The van der Waals surface area contributed by atoms with Crippen LogP contribution in [0.5, 0.6) is 5.75 Å². The Morgan fingerprint density at radius 2 is 2.09 bits per heavy atom. The second-order valence-corrected chi connectivity index (χ2v) is 5.04. The number of aromatic amines is 1. The molecule has 1 aromatic heterocycles. The van der Waals surface area contributed by atoms with Crippen LogP contribution in [0.15, 0.2) is 12.1 Å². The molecule has 23 heavy (non-hydrogen) atoms. The van der Waals surface area contributed by atoms with Gasteiger partial charge in [-0.3, -0.25) is 9.59 Å². The van der Waals surface area contributed by atoms with Crippen molar-refractivity contribution in [2.24, 2.45) is 0 Å². The predicted octanol–water partition coefficient (Wildman–Crippen LogP) is 1.74. The maximum absolute atomic E-state index is 13.8. The number of H-pyrrole nitrogens is 1. The van der Waals surface area contributed by atoms with Gasteiger partial charge in [-0.25, -0.2) is 4.39 Å². The van der Waals surface area contributed by atoms with Gasteiger partial charge in [-0.15, -0.1) is 0 Å². The van der Waals surface area contributed by atoms with E-state index in [1.54, 1.807) is 13.0 Å². The van der Waals surface area contributed by atoms with Crippen molar-refractivity contribution in [3.8, 4) is 5.75 Å². The van der Waals surface area contributed by atoms with Crippen LogP contribution < -0.4 is 15.4 Å². The smallest absolute Gasteiger partial charge is 0.267 e. The van der Waals surface area contributed by atoms with Crippen molar-refractivity contribution in [3.05, 3.63) is 29.2 Å². The Morgan fingerprint density at radius 1 is 1.35 bits per heavy atom. The van der Waals surface area contributed by atoms with Gasteiger partial charge in [0, 0.05) is 37.0 Å². The Bertz CT molecular complexity index is 740. The van der Waals surface area contributed by atoms with Crippen LogP contribution >= 0.6 is 0 Å². The van der Waals surface area contributed by atoms with E-state index in [-0.39, 0.29) is 17.6 Å². The van der Waals surface area contributed by atoms with Crippen molar-refractivity contribution in [2.75, 3.05) is 20.7 Å². The number of benzene rings is 1. The highest BCUT2D eigenvalue weighted by molar-refractivity contribution is 6.01. The zero-order valence-corrected chi connectivity index (χ0v) is 13.4. The van der Waals surface area contributed by atoms with Crippen molar-refractivity contribution < 1.29 is 18.7 Å². The molecule has 0 saturated carbocycles. The molecule has 6 nitrogen and oxygen atoms in total. The molecule has 0 fully saturated rings. The molecule has 0 unspecified atom stereocenters. The number of aromatic nitrogens is 1. The third-order valence-corrected chi connectivity index (χ3v) is 3.65. The number of amides is 2. The fraction of sp³-hybridized carbons (Fsp3) is 0.375. The molecule has 1 aromatic carbocycles.